The van der Waals surface area contributed by atoms with E-state index in [0.717, 1.165) is 36.1 Å². The Hall–Kier alpha value is -3.15. The number of hydrogen-bond acceptors (Lipinski definition) is 3. The summed E-state index contributed by atoms with van der Waals surface area (Å²) in [4.78, 5) is 35.0. The van der Waals surface area contributed by atoms with Crippen LogP contribution in [0.3, 0.4) is 0 Å². The predicted molar refractivity (Wildman–Crippen MR) is 101 cm³/mol. The van der Waals surface area contributed by atoms with E-state index in [-0.39, 0.29) is 29.7 Å². The number of amides is 2. The van der Waals surface area contributed by atoms with Crippen molar-refractivity contribution in [2.24, 2.45) is 5.92 Å². The molecule has 0 bridgehead atoms. The lowest BCUT2D eigenvalue weighted by Crippen LogP contribution is -2.28. The SMILES string of the molecule is O=C(Cc1ccc(C(=O)O)cc1)NCc1cccc(NC(=O)C2CCC2)c1. The smallest absolute Gasteiger partial charge is 0.335 e. The molecule has 0 atom stereocenters. The van der Waals surface area contributed by atoms with Gasteiger partial charge in [0.15, 0.2) is 0 Å². The molecular weight excluding hydrogens is 344 g/mol. The highest BCUT2D eigenvalue weighted by Crippen LogP contribution is 2.27. The predicted octanol–water partition coefficient (Wildman–Crippen LogP) is 2.98. The third kappa shape index (κ3) is 5.17. The van der Waals surface area contributed by atoms with Crippen LogP contribution in [0, 0.1) is 5.92 Å². The molecule has 27 heavy (non-hydrogen) atoms. The van der Waals surface area contributed by atoms with E-state index >= 15 is 0 Å². The Labute approximate surface area is 157 Å². The number of carboxylic acids is 1. The van der Waals surface area contributed by atoms with Crippen molar-refractivity contribution < 1.29 is 19.5 Å². The molecule has 0 heterocycles. The van der Waals surface area contributed by atoms with Gasteiger partial charge in [0.2, 0.25) is 11.8 Å². The zero-order valence-corrected chi connectivity index (χ0v) is 14.9. The van der Waals surface area contributed by atoms with Gasteiger partial charge in [0.05, 0.1) is 12.0 Å². The highest BCUT2D eigenvalue weighted by atomic mass is 16.4. The van der Waals surface area contributed by atoms with E-state index in [4.69, 9.17) is 5.11 Å². The molecule has 140 valence electrons. The molecule has 0 unspecified atom stereocenters. The minimum Gasteiger partial charge on any atom is -0.478 e. The largest absolute Gasteiger partial charge is 0.478 e. The first-order valence-corrected chi connectivity index (χ1v) is 9.00. The van der Waals surface area contributed by atoms with Crippen LogP contribution in [0.4, 0.5) is 5.69 Å². The van der Waals surface area contributed by atoms with Crippen LogP contribution in [0.15, 0.2) is 48.5 Å². The number of carboxylic acid groups (broad SMARTS) is 1. The molecular formula is C21H22N2O4. The number of hydrogen-bond donors (Lipinski definition) is 3. The van der Waals surface area contributed by atoms with Crippen molar-refractivity contribution >= 4 is 23.5 Å². The number of anilines is 1. The minimum atomic E-state index is -0.990. The molecule has 0 radical (unpaired) electrons. The number of carbonyl (C=O) groups excluding carboxylic acids is 2. The van der Waals surface area contributed by atoms with E-state index in [9.17, 15) is 14.4 Å². The average Bonchev–Trinajstić information content (AvgIpc) is 2.59. The van der Waals surface area contributed by atoms with Crippen LogP contribution in [-0.2, 0) is 22.6 Å². The third-order valence-corrected chi connectivity index (χ3v) is 4.73. The highest BCUT2D eigenvalue weighted by Gasteiger charge is 2.25. The quantitative estimate of drug-likeness (QED) is 0.702. The monoisotopic (exact) mass is 366 g/mol. The van der Waals surface area contributed by atoms with Gasteiger partial charge in [-0.3, -0.25) is 9.59 Å². The summed E-state index contributed by atoms with van der Waals surface area (Å²) in [6.45, 7) is 0.360. The van der Waals surface area contributed by atoms with Gasteiger partial charge in [-0.1, -0.05) is 30.7 Å². The van der Waals surface area contributed by atoms with E-state index in [1.807, 2.05) is 24.3 Å². The second-order valence-corrected chi connectivity index (χ2v) is 6.77. The minimum absolute atomic E-state index is 0.0623. The Morgan fingerprint density at radius 3 is 2.37 bits per heavy atom. The average molecular weight is 366 g/mol. The summed E-state index contributed by atoms with van der Waals surface area (Å²) >= 11 is 0. The summed E-state index contributed by atoms with van der Waals surface area (Å²) in [7, 11) is 0. The Morgan fingerprint density at radius 2 is 1.74 bits per heavy atom. The fourth-order valence-corrected chi connectivity index (χ4v) is 2.89. The molecule has 1 aliphatic carbocycles. The molecule has 6 nitrogen and oxygen atoms in total. The molecule has 6 heteroatoms. The summed E-state index contributed by atoms with van der Waals surface area (Å²) in [5.41, 5.74) is 2.58. The van der Waals surface area contributed by atoms with Crippen LogP contribution in [0.25, 0.3) is 0 Å². The van der Waals surface area contributed by atoms with Crippen molar-refractivity contribution in [2.45, 2.75) is 32.2 Å². The van der Waals surface area contributed by atoms with Crippen LogP contribution < -0.4 is 10.6 Å². The Kier molecular flexibility index (Phi) is 5.86. The number of nitrogens with one attached hydrogen (secondary N) is 2. The van der Waals surface area contributed by atoms with E-state index in [2.05, 4.69) is 10.6 Å². The van der Waals surface area contributed by atoms with Gasteiger partial charge in [-0.05, 0) is 48.2 Å². The van der Waals surface area contributed by atoms with Crippen LogP contribution in [0.1, 0.15) is 40.7 Å². The number of benzene rings is 2. The first kappa shape index (κ1) is 18.6. The van der Waals surface area contributed by atoms with E-state index in [0.29, 0.717) is 6.54 Å². The first-order valence-electron chi connectivity index (χ1n) is 9.00. The van der Waals surface area contributed by atoms with E-state index < -0.39 is 5.97 Å². The van der Waals surface area contributed by atoms with Crippen molar-refractivity contribution in [1.82, 2.24) is 5.32 Å². The van der Waals surface area contributed by atoms with Crippen LogP contribution in [0.2, 0.25) is 0 Å². The zero-order chi connectivity index (χ0) is 19.2. The number of rotatable bonds is 7. The fourth-order valence-electron chi connectivity index (χ4n) is 2.89. The number of carbonyl (C=O) groups is 3. The van der Waals surface area contributed by atoms with E-state index in [1.54, 1.807) is 12.1 Å². The Morgan fingerprint density at radius 1 is 1.00 bits per heavy atom. The molecule has 2 amide bonds. The van der Waals surface area contributed by atoms with E-state index in [1.165, 1.54) is 12.1 Å². The molecule has 0 aliphatic heterocycles. The highest BCUT2D eigenvalue weighted by molar-refractivity contribution is 5.93. The maximum atomic E-state index is 12.1. The first-order chi connectivity index (χ1) is 13.0. The molecule has 0 aromatic heterocycles. The lowest BCUT2D eigenvalue weighted by Gasteiger charge is -2.24. The van der Waals surface area contributed by atoms with Gasteiger partial charge in [-0.2, -0.15) is 0 Å². The molecule has 2 aromatic rings. The van der Waals surface area contributed by atoms with Gasteiger partial charge in [0, 0.05) is 18.2 Å². The van der Waals surface area contributed by atoms with Gasteiger partial charge in [-0.25, -0.2) is 4.79 Å². The topological polar surface area (TPSA) is 95.5 Å². The maximum absolute atomic E-state index is 12.1. The molecule has 3 N–H and O–H groups in total. The number of aromatic carboxylic acids is 1. The summed E-state index contributed by atoms with van der Waals surface area (Å²) in [6, 6.07) is 13.7. The van der Waals surface area contributed by atoms with Gasteiger partial charge in [0.1, 0.15) is 0 Å². The van der Waals surface area contributed by atoms with Crippen molar-refractivity contribution in [3.8, 4) is 0 Å². The molecule has 3 rings (SSSR count). The van der Waals surface area contributed by atoms with Gasteiger partial charge in [-0.15, -0.1) is 0 Å². The lowest BCUT2D eigenvalue weighted by atomic mass is 9.85. The zero-order valence-electron chi connectivity index (χ0n) is 14.9. The second kappa shape index (κ2) is 8.49. The normalized spacial score (nSPS) is 13.5. The summed E-state index contributed by atoms with van der Waals surface area (Å²) in [5, 5.41) is 14.7. The van der Waals surface area contributed by atoms with Gasteiger partial charge >= 0.3 is 5.97 Å². The molecule has 1 fully saturated rings. The van der Waals surface area contributed by atoms with Crippen molar-refractivity contribution in [3.63, 3.8) is 0 Å². The summed E-state index contributed by atoms with van der Waals surface area (Å²) in [6.07, 6.45) is 3.20. The molecule has 1 saturated carbocycles. The Bertz CT molecular complexity index is 842. The lowest BCUT2D eigenvalue weighted by molar-refractivity contribution is -0.122. The van der Waals surface area contributed by atoms with Crippen molar-refractivity contribution in [2.75, 3.05) is 5.32 Å². The van der Waals surface area contributed by atoms with Crippen LogP contribution in [0.5, 0.6) is 0 Å². The van der Waals surface area contributed by atoms with Crippen molar-refractivity contribution in [1.29, 1.82) is 0 Å². The standard InChI is InChI=1S/C21H22N2O4/c24-19(12-14-7-9-17(10-8-14)21(26)27)22-13-15-3-1-6-18(11-15)23-20(25)16-4-2-5-16/h1,3,6-11,16H,2,4-5,12-13H2,(H,22,24)(H,23,25)(H,26,27). The second-order valence-electron chi connectivity index (χ2n) is 6.77. The maximum Gasteiger partial charge on any atom is 0.335 e. The molecule has 1 aliphatic rings. The summed E-state index contributed by atoms with van der Waals surface area (Å²) in [5.74, 6) is -0.953. The third-order valence-electron chi connectivity index (χ3n) is 4.73. The molecule has 0 spiro atoms. The Balaban J connectivity index is 1.50. The molecule has 2 aromatic carbocycles. The van der Waals surface area contributed by atoms with Gasteiger partial charge in [0.25, 0.3) is 0 Å². The molecule has 0 saturated heterocycles. The fraction of sp³-hybridized carbons (Fsp3) is 0.286. The summed E-state index contributed by atoms with van der Waals surface area (Å²) < 4.78 is 0. The van der Waals surface area contributed by atoms with Crippen LogP contribution in [-0.4, -0.2) is 22.9 Å². The van der Waals surface area contributed by atoms with Gasteiger partial charge < -0.3 is 15.7 Å². The van der Waals surface area contributed by atoms with Crippen LogP contribution >= 0.6 is 0 Å². The van der Waals surface area contributed by atoms with Crippen molar-refractivity contribution in [3.05, 3.63) is 65.2 Å².